The quantitative estimate of drug-likeness (QED) is 0.0263. The molecule has 0 rings (SSSR count). The summed E-state index contributed by atoms with van der Waals surface area (Å²) in [6, 6.07) is 0. The second-order valence-electron chi connectivity index (χ2n) is 16.3. The molecule has 0 aromatic carbocycles. The summed E-state index contributed by atoms with van der Waals surface area (Å²) in [5.41, 5.74) is 0. The summed E-state index contributed by atoms with van der Waals surface area (Å²) in [5.74, 6) is -0.948. The van der Waals surface area contributed by atoms with Gasteiger partial charge in [-0.3, -0.25) is 14.4 Å². The molecule has 61 heavy (non-hydrogen) atoms. The predicted molar refractivity (Wildman–Crippen MR) is 261 cm³/mol. The van der Waals surface area contributed by atoms with Crippen LogP contribution in [0.15, 0.2) is 85.1 Å². The summed E-state index contributed by atoms with van der Waals surface area (Å²) in [6.07, 6.45) is 62.7. The molecule has 0 spiro atoms. The Morgan fingerprint density at radius 2 is 0.656 bits per heavy atom. The number of carbonyl (C=O) groups is 3. The van der Waals surface area contributed by atoms with Gasteiger partial charge in [0.1, 0.15) is 13.2 Å². The van der Waals surface area contributed by atoms with Crippen LogP contribution in [0.2, 0.25) is 0 Å². The molecule has 1 atom stereocenters. The van der Waals surface area contributed by atoms with Crippen LogP contribution in [0.3, 0.4) is 0 Å². The van der Waals surface area contributed by atoms with E-state index in [1.807, 2.05) is 0 Å². The fourth-order valence-electron chi connectivity index (χ4n) is 6.56. The van der Waals surface area contributed by atoms with Gasteiger partial charge in [-0.1, -0.05) is 183 Å². The fraction of sp³-hybridized carbons (Fsp3) is 0.691. The normalized spacial score (nSPS) is 12.8. The third kappa shape index (κ3) is 47.5. The highest BCUT2D eigenvalue weighted by atomic mass is 16.6. The Morgan fingerprint density at radius 3 is 1.07 bits per heavy atom. The Morgan fingerprint density at radius 1 is 0.344 bits per heavy atom. The Bertz CT molecular complexity index is 1200. The number of allylic oxidation sites excluding steroid dienone is 14. The standard InChI is InChI=1S/C55H92O6/c1-4-7-10-13-16-19-22-24-26-27-29-30-33-36-39-42-45-48-54(57)60-51-52(50-59-53(56)47-44-41-38-35-32-21-18-15-12-9-6-3)61-55(58)49-46-43-40-37-34-31-28-25-23-20-17-14-11-8-5-2/h8,11,15-20,24-26,28-30,52H,4-7,9-10,12-14,21-23,27,31-51H2,1-3H3/b11-8-,18-15-,19-16-,20-17-,26-24-,28-25-,30-29-/t52-/m1/s1. The third-order valence-corrected chi connectivity index (χ3v) is 10.4. The maximum Gasteiger partial charge on any atom is 0.306 e. The van der Waals surface area contributed by atoms with Gasteiger partial charge in [0.2, 0.25) is 0 Å². The molecule has 0 heterocycles. The van der Waals surface area contributed by atoms with E-state index in [1.165, 1.54) is 51.4 Å². The molecule has 0 aliphatic carbocycles. The number of ether oxygens (including phenoxy) is 3. The molecular formula is C55H92O6. The second kappa shape index (κ2) is 49.2. The van der Waals surface area contributed by atoms with E-state index in [2.05, 4.69) is 106 Å². The molecule has 0 radical (unpaired) electrons. The van der Waals surface area contributed by atoms with Crippen molar-refractivity contribution in [3.63, 3.8) is 0 Å². The number of hydrogen-bond acceptors (Lipinski definition) is 6. The lowest BCUT2D eigenvalue weighted by molar-refractivity contribution is -0.167. The second-order valence-corrected chi connectivity index (χ2v) is 16.3. The highest BCUT2D eigenvalue weighted by Gasteiger charge is 2.19. The van der Waals surface area contributed by atoms with Crippen LogP contribution in [0, 0.1) is 0 Å². The predicted octanol–water partition coefficient (Wildman–Crippen LogP) is 16.4. The maximum absolute atomic E-state index is 12.8. The van der Waals surface area contributed by atoms with Crippen LogP contribution in [0.25, 0.3) is 0 Å². The lowest BCUT2D eigenvalue weighted by Gasteiger charge is -2.18. The molecule has 0 unspecified atom stereocenters. The number of rotatable bonds is 44. The number of hydrogen-bond donors (Lipinski definition) is 0. The third-order valence-electron chi connectivity index (χ3n) is 10.4. The van der Waals surface area contributed by atoms with E-state index in [0.29, 0.717) is 19.3 Å². The van der Waals surface area contributed by atoms with Gasteiger partial charge in [-0.25, -0.2) is 0 Å². The molecule has 0 bridgehead atoms. The summed E-state index contributed by atoms with van der Waals surface area (Å²) in [6.45, 7) is 6.41. The first-order valence-electron chi connectivity index (χ1n) is 25.1. The minimum atomic E-state index is -0.797. The van der Waals surface area contributed by atoms with E-state index in [4.69, 9.17) is 14.2 Å². The van der Waals surface area contributed by atoms with Crippen molar-refractivity contribution >= 4 is 17.9 Å². The highest BCUT2D eigenvalue weighted by Crippen LogP contribution is 2.13. The van der Waals surface area contributed by atoms with Crippen molar-refractivity contribution in [3.05, 3.63) is 85.1 Å². The first-order valence-corrected chi connectivity index (χ1v) is 25.1. The van der Waals surface area contributed by atoms with E-state index >= 15 is 0 Å². The zero-order chi connectivity index (χ0) is 44.4. The molecule has 348 valence electrons. The van der Waals surface area contributed by atoms with Crippen molar-refractivity contribution in [3.8, 4) is 0 Å². The Kier molecular flexibility index (Phi) is 46.5. The molecule has 0 aliphatic rings. The summed E-state index contributed by atoms with van der Waals surface area (Å²) in [5, 5.41) is 0. The van der Waals surface area contributed by atoms with E-state index in [1.54, 1.807) is 0 Å². The van der Waals surface area contributed by atoms with Gasteiger partial charge in [-0.2, -0.15) is 0 Å². The first kappa shape index (κ1) is 57.6. The molecule has 0 aromatic heterocycles. The Hall–Kier alpha value is -3.41. The Labute approximate surface area is 375 Å². The summed E-state index contributed by atoms with van der Waals surface area (Å²) in [4.78, 5) is 37.9. The van der Waals surface area contributed by atoms with Gasteiger partial charge < -0.3 is 14.2 Å². The minimum Gasteiger partial charge on any atom is -0.462 e. The molecule has 0 N–H and O–H groups in total. The average molecular weight is 849 g/mol. The van der Waals surface area contributed by atoms with E-state index in [-0.39, 0.29) is 31.1 Å². The monoisotopic (exact) mass is 849 g/mol. The van der Waals surface area contributed by atoms with Gasteiger partial charge in [-0.05, 0) is 109 Å². The molecule has 0 aliphatic heterocycles. The first-order chi connectivity index (χ1) is 30.0. The molecule has 0 saturated heterocycles. The maximum atomic E-state index is 12.8. The van der Waals surface area contributed by atoms with Crippen LogP contribution in [0.1, 0.15) is 226 Å². The van der Waals surface area contributed by atoms with Crippen LogP contribution in [-0.4, -0.2) is 37.2 Å². The van der Waals surface area contributed by atoms with Crippen LogP contribution in [0.5, 0.6) is 0 Å². The molecule has 0 aromatic rings. The molecule has 0 fully saturated rings. The molecule has 0 saturated carbocycles. The van der Waals surface area contributed by atoms with Gasteiger partial charge in [0, 0.05) is 19.3 Å². The zero-order valence-corrected chi connectivity index (χ0v) is 39.7. The molecule has 0 amide bonds. The summed E-state index contributed by atoms with van der Waals surface area (Å²) in [7, 11) is 0. The van der Waals surface area contributed by atoms with Crippen LogP contribution in [-0.2, 0) is 28.6 Å². The average Bonchev–Trinajstić information content (AvgIpc) is 3.26. The van der Waals surface area contributed by atoms with Gasteiger partial charge in [0.05, 0.1) is 0 Å². The number of unbranched alkanes of at least 4 members (excludes halogenated alkanes) is 19. The van der Waals surface area contributed by atoms with Gasteiger partial charge in [0.25, 0.3) is 0 Å². The molecule has 6 heteroatoms. The van der Waals surface area contributed by atoms with Crippen molar-refractivity contribution in [1.29, 1.82) is 0 Å². The van der Waals surface area contributed by atoms with Gasteiger partial charge in [0.15, 0.2) is 6.10 Å². The lowest BCUT2D eigenvalue weighted by Crippen LogP contribution is -2.30. The van der Waals surface area contributed by atoms with E-state index in [0.717, 1.165) is 135 Å². The van der Waals surface area contributed by atoms with Crippen molar-refractivity contribution < 1.29 is 28.6 Å². The molecule has 6 nitrogen and oxygen atoms in total. The van der Waals surface area contributed by atoms with E-state index < -0.39 is 6.10 Å². The SMILES string of the molecule is CC/C=C\C/C=C\C/C=C\CCCCCCCC(=O)O[C@@H](COC(=O)CCCCCC/C=C\C/C=C\C/C=C\CCCCC)COC(=O)CCCCCCC/C=C\CCCC. The number of esters is 3. The fourth-order valence-corrected chi connectivity index (χ4v) is 6.56. The van der Waals surface area contributed by atoms with Crippen molar-refractivity contribution in [2.75, 3.05) is 13.2 Å². The van der Waals surface area contributed by atoms with Crippen molar-refractivity contribution in [2.45, 2.75) is 232 Å². The van der Waals surface area contributed by atoms with E-state index in [9.17, 15) is 14.4 Å². The number of carbonyl (C=O) groups excluding carboxylic acids is 3. The summed E-state index contributed by atoms with van der Waals surface area (Å²) < 4.78 is 16.7. The highest BCUT2D eigenvalue weighted by molar-refractivity contribution is 5.71. The molecular weight excluding hydrogens is 757 g/mol. The largest absolute Gasteiger partial charge is 0.462 e. The Balaban J connectivity index is 4.46. The topological polar surface area (TPSA) is 78.9 Å². The summed E-state index contributed by atoms with van der Waals surface area (Å²) >= 11 is 0. The minimum absolute atomic E-state index is 0.0963. The smallest absolute Gasteiger partial charge is 0.306 e. The van der Waals surface area contributed by atoms with Crippen LogP contribution < -0.4 is 0 Å². The van der Waals surface area contributed by atoms with Gasteiger partial charge >= 0.3 is 17.9 Å². The van der Waals surface area contributed by atoms with Crippen molar-refractivity contribution in [2.24, 2.45) is 0 Å². The van der Waals surface area contributed by atoms with Crippen molar-refractivity contribution in [1.82, 2.24) is 0 Å². The van der Waals surface area contributed by atoms with Crippen LogP contribution in [0.4, 0.5) is 0 Å². The van der Waals surface area contributed by atoms with Gasteiger partial charge in [-0.15, -0.1) is 0 Å². The lowest BCUT2D eigenvalue weighted by atomic mass is 10.1. The van der Waals surface area contributed by atoms with Crippen LogP contribution >= 0.6 is 0 Å². The zero-order valence-electron chi connectivity index (χ0n) is 39.7.